The standard InChI is InChI=1S/C8H9ClF2N2/c9-7-2-1-5(4-13-7)6(12)3-8(10)11/h1-2,4,6,8H,3,12H2/t6-/m0/s1. The van der Waals surface area contributed by atoms with Crippen LogP contribution in [0.1, 0.15) is 18.0 Å². The molecular weight excluding hydrogens is 198 g/mol. The van der Waals surface area contributed by atoms with Crippen LogP contribution in [0.25, 0.3) is 0 Å². The van der Waals surface area contributed by atoms with Crippen molar-refractivity contribution in [2.75, 3.05) is 0 Å². The van der Waals surface area contributed by atoms with Crippen molar-refractivity contribution in [2.24, 2.45) is 5.73 Å². The Bertz CT molecular complexity index is 263. The van der Waals surface area contributed by atoms with E-state index in [1.54, 1.807) is 6.07 Å². The summed E-state index contributed by atoms with van der Waals surface area (Å²) < 4.78 is 23.8. The molecule has 0 saturated heterocycles. The predicted molar refractivity (Wildman–Crippen MR) is 46.8 cm³/mol. The van der Waals surface area contributed by atoms with Gasteiger partial charge in [-0.05, 0) is 11.6 Å². The van der Waals surface area contributed by atoms with Gasteiger partial charge < -0.3 is 5.73 Å². The summed E-state index contributed by atoms with van der Waals surface area (Å²) in [5.74, 6) is 0. The number of hydrogen-bond donors (Lipinski definition) is 1. The minimum atomic E-state index is -2.40. The fourth-order valence-electron chi connectivity index (χ4n) is 0.935. The first-order chi connectivity index (χ1) is 6.09. The Labute approximate surface area is 79.7 Å². The lowest BCUT2D eigenvalue weighted by Gasteiger charge is -2.10. The maximum Gasteiger partial charge on any atom is 0.240 e. The zero-order valence-corrected chi connectivity index (χ0v) is 7.51. The normalized spacial score (nSPS) is 13.3. The Morgan fingerprint density at radius 1 is 1.46 bits per heavy atom. The number of pyridine rings is 1. The molecule has 1 atom stereocenters. The third kappa shape index (κ3) is 3.24. The van der Waals surface area contributed by atoms with E-state index in [-0.39, 0.29) is 6.42 Å². The Morgan fingerprint density at radius 2 is 2.15 bits per heavy atom. The van der Waals surface area contributed by atoms with Crippen molar-refractivity contribution in [1.82, 2.24) is 4.98 Å². The van der Waals surface area contributed by atoms with Crippen molar-refractivity contribution in [3.8, 4) is 0 Å². The molecule has 2 nitrogen and oxygen atoms in total. The summed E-state index contributed by atoms with van der Waals surface area (Å²) in [4.78, 5) is 3.75. The number of rotatable bonds is 3. The third-order valence-electron chi connectivity index (χ3n) is 1.61. The minimum Gasteiger partial charge on any atom is -0.324 e. The van der Waals surface area contributed by atoms with Gasteiger partial charge in [-0.15, -0.1) is 0 Å². The van der Waals surface area contributed by atoms with Crippen LogP contribution in [0, 0.1) is 0 Å². The summed E-state index contributed by atoms with van der Waals surface area (Å²) in [6.45, 7) is 0. The van der Waals surface area contributed by atoms with Gasteiger partial charge in [0.1, 0.15) is 5.15 Å². The summed E-state index contributed by atoms with van der Waals surface area (Å²) in [5.41, 5.74) is 6.06. The zero-order chi connectivity index (χ0) is 9.84. The molecule has 0 aliphatic heterocycles. The molecule has 0 fully saturated rings. The zero-order valence-electron chi connectivity index (χ0n) is 6.75. The topological polar surface area (TPSA) is 38.9 Å². The molecule has 0 aliphatic rings. The lowest BCUT2D eigenvalue weighted by Crippen LogP contribution is -2.14. The van der Waals surface area contributed by atoms with E-state index in [0.29, 0.717) is 10.7 Å². The summed E-state index contributed by atoms with van der Waals surface area (Å²) in [7, 11) is 0. The van der Waals surface area contributed by atoms with Crippen LogP contribution in [0.4, 0.5) is 8.78 Å². The SMILES string of the molecule is N[C@@H](CC(F)F)c1ccc(Cl)nc1. The molecule has 5 heteroatoms. The molecule has 1 aromatic heterocycles. The average molecular weight is 207 g/mol. The molecule has 0 bridgehead atoms. The number of aromatic nitrogens is 1. The van der Waals surface area contributed by atoms with Gasteiger partial charge in [0.05, 0.1) is 0 Å². The summed E-state index contributed by atoms with van der Waals surface area (Å²) in [6.07, 6.45) is -1.34. The highest BCUT2D eigenvalue weighted by Crippen LogP contribution is 2.18. The van der Waals surface area contributed by atoms with Crippen molar-refractivity contribution in [2.45, 2.75) is 18.9 Å². The highest BCUT2D eigenvalue weighted by atomic mass is 35.5. The first kappa shape index (κ1) is 10.3. The van der Waals surface area contributed by atoms with Gasteiger partial charge in [-0.25, -0.2) is 13.8 Å². The van der Waals surface area contributed by atoms with Crippen LogP contribution in [-0.4, -0.2) is 11.4 Å². The van der Waals surface area contributed by atoms with Crippen molar-refractivity contribution < 1.29 is 8.78 Å². The van der Waals surface area contributed by atoms with Crippen LogP contribution >= 0.6 is 11.6 Å². The highest BCUT2D eigenvalue weighted by molar-refractivity contribution is 6.29. The molecule has 0 amide bonds. The maximum atomic E-state index is 11.9. The second kappa shape index (κ2) is 4.48. The summed E-state index contributed by atoms with van der Waals surface area (Å²) in [5, 5.41) is 0.327. The molecule has 72 valence electrons. The van der Waals surface area contributed by atoms with E-state index in [1.807, 2.05) is 0 Å². The van der Waals surface area contributed by atoms with E-state index in [9.17, 15) is 8.78 Å². The van der Waals surface area contributed by atoms with E-state index in [2.05, 4.69) is 4.98 Å². The first-order valence-electron chi connectivity index (χ1n) is 3.75. The smallest absolute Gasteiger partial charge is 0.240 e. The monoisotopic (exact) mass is 206 g/mol. The average Bonchev–Trinajstić information content (AvgIpc) is 2.04. The van der Waals surface area contributed by atoms with Gasteiger partial charge in [0.15, 0.2) is 0 Å². The maximum absolute atomic E-state index is 11.9. The van der Waals surface area contributed by atoms with Crippen LogP contribution in [0.5, 0.6) is 0 Å². The molecule has 0 spiro atoms. The Balaban J connectivity index is 2.66. The third-order valence-corrected chi connectivity index (χ3v) is 1.83. The second-order valence-electron chi connectivity index (χ2n) is 2.65. The molecule has 0 unspecified atom stereocenters. The minimum absolute atomic E-state index is 0.327. The molecule has 0 saturated carbocycles. The number of nitrogens with two attached hydrogens (primary N) is 1. The molecular formula is C8H9ClF2N2. The lowest BCUT2D eigenvalue weighted by molar-refractivity contribution is 0.128. The van der Waals surface area contributed by atoms with Gasteiger partial charge in [-0.1, -0.05) is 17.7 Å². The molecule has 1 rings (SSSR count). The van der Waals surface area contributed by atoms with Gasteiger partial charge >= 0.3 is 0 Å². The van der Waals surface area contributed by atoms with Crippen LogP contribution in [0.2, 0.25) is 5.15 Å². The quantitative estimate of drug-likeness (QED) is 0.772. The molecule has 0 aromatic carbocycles. The molecule has 13 heavy (non-hydrogen) atoms. The Kier molecular flexibility index (Phi) is 3.57. The van der Waals surface area contributed by atoms with Gasteiger partial charge in [0.25, 0.3) is 0 Å². The van der Waals surface area contributed by atoms with Crippen LogP contribution in [-0.2, 0) is 0 Å². The summed E-state index contributed by atoms with van der Waals surface area (Å²) in [6, 6.07) is 2.45. The number of halogens is 3. The fraction of sp³-hybridized carbons (Fsp3) is 0.375. The Morgan fingerprint density at radius 3 is 2.62 bits per heavy atom. The van der Waals surface area contributed by atoms with Gasteiger partial charge in [0, 0.05) is 18.7 Å². The largest absolute Gasteiger partial charge is 0.324 e. The number of nitrogens with zero attached hydrogens (tertiary/aromatic N) is 1. The molecule has 0 aliphatic carbocycles. The Hall–Kier alpha value is -0.740. The van der Waals surface area contributed by atoms with Gasteiger partial charge in [-0.3, -0.25) is 0 Å². The van der Waals surface area contributed by atoms with Gasteiger partial charge in [-0.2, -0.15) is 0 Å². The van der Waals surface area contributed by atoms with Crippen molar-refractivity contribution in [3.05, 3.63) is 29.0 Å². The van der Waals surface area contributed by atoms with E-state index >= 15 is 0 Å². The van der Waals surface area contributed by atoms with Crippen molar-refractivity contribution >= 4 is 11.6 Å². The van der Waals surface area contributed by atoms with Gasteiger partial charge in [0.2, 0.25) is 6.43 Å². The van der Waals surface area contributed by atoms with Crippen LogP contribution in [0.3, 0.4) is 0 Å². The summed E-state index contributed by atoms with van der Waals surface area (Å²) >= 11 is 5.52. The predicted octanol–water partition coefficient (Wildman–Crippen LogP) is 2.39. The highest BCUT2D eigenvalue weighted by Gasteiger charge is 2.12. The fourth-order valence-corrected chi connectivity index (χ4v) is 1.05. The number of alkyl halides is 2. The van der Waals surface area contributed by atoms with Crippen LogP contribution < -0.4 is 5.73 Å². The van der Waals surface area contributed by atoms with E-state index in [1.165, 1.54) is 12.3 Å². The lowest BCUT2D eigenvalue weighted by atomic mass is 10.1. The molecule has 1 heterocycles. The second-order valence-corrected chi connectivity index (χ2v) is 3.03. The van der Waals surface area contributed by atoms with E-state index < -0.39 is 12.5 Å². The number of hydrogen-bond acceptors (Lipinski definition) is 2. The first-order valence-corrected chi connectivity index (χ1v) is 4.12. The van der Waals surface area contributed by atoms with E-state index in [4.69, 9.17) is 17.3 Å². The van der Waals surface area contributed by atoms with Crippen molar-refractivity contribution in [1.29, 1.82) is 0 Å². The van der Waals surface area contributed by atoms with Crippen molar-refractivity contribution in [3.63, 3.8) is 0 Å². The molecule has 2 N–H and O–H groups in total. The molecule has 1 aromatic rings. The van der Waals surface area contributed by atoms with E-state index in [0.717, 1.165) is 0 Å². The molecule has 0 radical (unpaired) electrons. The van der Waals surface area contributed by atoms with Crippen LogP contribution in [0.15, 0.2) is 18.3 Å².